The van der Waals surface area contributed by atoms with Crippen molar-refractivity contribution in [3.63, 3.8) is 0 Å². The first kappa shape index (κ1) is 18.1. The summed E-state index contributed by atoms with van der Waals surface area (Å²) in [4.78, 5) is 6.79. The molecule has 136 valence electrons. The third-order valence-electron chi connectivity index (χ3n) is 4.92. The molecule has 1 saturated heterocycles. The van der Waals surface area contributed by atoms with Crippen molar-refractivity contribution >= 4 is 0 Å². The van der Waals surface area contributed by atoms with Gasteiger partial charge in [0.15, 0.2) is 6.39 Å². The molecule has 1 aromatic carbocycles. The molecule has 2 unspecified atom stereocenters. The lowest BCUT2D eigenvalue weighted by Gasteiger charge is -2.27. The number of likely N-dealkylation sites (tertiary alicyclic amines) is 1. The van der Waals surface area contributed by atoms with E-state index >= 15 is 0 Å². The van der Waals surface area contributed by atoms with Gasteiger partial charge in [-0.2, -0.15) is 0 Å². The first-order valence-electron chi connectivity index (χ1n) is 8.95. The van der Waals surface area contributed by atoms with Crippen LogP contribution >= 0.6 is 0 Å². The van der Waals surface area contributed by atoms with Crippen LogP contribution in [0.15, 0.2) is 35.1 Å². The Morgan fingerprint density at radius 3 is 2.72 bits per heavy atom. The van der Waals surface area contributed by atoms with Gasteiger partial charge in [-0.05, 0) is 43.5 Å². The van der Waals surface area contributed by atoms with Crippen molar-refractivity contribution in [3.8, 4) is 0 Å². The molecule has 1 aliphatic heterocycles. The van der Waals surface area contributed by atoms with Crippen LogP contribution in [0.3, 0.4) is 0 Å². The van der Waals surface area contributed by atoms with Gasteiger partial charge in [-0.25, -0.2) is 9.37 Å². The number of oxazole rings is 1. The predicted molar refractivity (Wildman–Crippen MR) is 94.6 cm³/mol. The highest BCUT2D eigenvalue weighted by atomic mass is 19.1. The summed E-state index contributed by atoms with van der Waals surface area (Å²) in [6.45, 7) is 8.10. The van der Waals surface area contributed by atoms with Gasteiger partial charge in [0, 0.05) is 18.0 Å². The van der Waals surface area contributed by atoms with E-state index in [9.17, 15) is 9.50 Å². The van der Waals surface area contributed by atoms with E-state index in [0.29, 0.717) is 12.5 Å². The molecule has 1 aromatic heterocycles. The number of aliphatic hydroxyl groups is 1. The second-order valence-electron chi connectivity index (χ2n) is 7.95. The lowest BCUT2D eigenvalue weighted by Crippen LogP contribution is -2.31. The standard InChI is InChI=1S/C20H27FN2O2/c1-20(2,3)19-17(22-13-25-19)12-23-10-4-5-16(23)11-18(24)14-6-8-15(21)9-7-14/h6-9,13,16,18,24H,4-5,10-12H2,1-3H3. The third kappa shape index (κ3) is 4.28. The normalized spacial score (nSPS) is 20.1. The van der Waals surface area contributed by atoms with Crippen LogP contribution in [-0.4, -0.2) is 27.6 Å². The molecule has 0 bridgehead atoms. The zero-order valence-electron chi connectivity index (χ0n) is 15.2. The second kappa shape index (κ2) is 7.26. The van der Waals surface area contributed by atoms with Crippen molar-refractivity contribution in [2.75, 3.05) is 6.54 Å². The van der Waals surface area contributed by atoms with E-state index in [1.165, 1.54) is 18.5 Å². The molecule has 0 saturated carbocycles. The highest BCUT2D eigenvalue weighted by Crippen LogP contribution is 2.31. The highest BCUT2D eigenvalue weighted by Gasteiger charge is 2.30. The summed E-state index contributed by atoms with van der Waals surface area (Å²) >= 11 is 0. The molecule has 2 atom stereocenters. The van der Waals surface area contributed by atoms with E-state index in [1.807, 2.05) is 0 Å². The number of aliphatic hydroxyl groups excluding tert-OH is 1. The van der Waals surface area contributed by atoms with Gasteiger partial charge in [0.05, 0.1) is 11.8 Å². The average Bonchev–Trinajstić information content (AvgIpc) is 3.18. The van der Waals surface area contributed by atoms with Crippen molar-refractivity contribution in [2.45, 2.75) is 64.1 Å². The van der Waals surface area contributed by atoms with Crippen LogP contribution in [0.5, 0.6) is 0 Å². The Morgan fingerprint density at radius 1 is 1.32 bits per heavy atom. The van der Waals surface area contributed by atoms with Crippen LogP contribution in [0, 0.1) is 5.82 Å². The molecule has 1 fully saturated rings. The van der Waals surface area contributed by atoms with Gasteiger partial charge in [0.1, 0.15) is 11.6 Å². The minimum atomic E-state index is -0.578. The van der Waals surface area contributed by atoms with Crippen molar-refractivity contribution in [3.05, 3.63) is 53.5 Å². The summed E-state index contributed by atoms with van der Waals surface area (Å²) in [7, 11) is 0. The van der Waals surface area contributed by atoms with E-state index in [2.05, 4.69) is 30.7 Å². The number of hydrogen-bond donors (Lipinski definition) is 1. The molecular weight excluding hydrogens is 319 g/mol. The summed E-state index contributed by atoms with van der Waals surface area (Å²) in [5.41, 5.74) is 1.68. The topological polar surface area (TPSA) is 49.5 Å². The molecule has 1 N–H and O–H groups in total. The SMILES string of the molecule is CC(C)(C)c1ocnc1CN1CCCC1CC(O)c1ccc(F)cc1. The van der Waals surface area contributed by atoms with Crippen LogP contribution in [0.25, 0.3) is 0 Å². The monoisotopic (exact) mass is 346 g/mol. The quantitative estimate of drug-likeness (QED) is 0.881. The van der Waals surface area contributed by atoms with Gasteiger partial charge in [-0.1, -0.05) is 32.9 Å². The average molecular weight is 346 g/mol. The molecule has 0 spiro atoms. The van der Waals surface area contributed by atoms with E-state index in [1.54, 1.807) is 12.1 Å². The Hall–Kier alpha value is -1.72. The van der Waals surface area contributed by atoms with E-state index in [4.69, 9.17) is 4.42 Å². The minimum absolute atomic E-state index is 0.0747. The summed E-state index contributed by atoms with van der Waals surface area (Å²) in [6.07, 6.45) is 3.76. The Bertz CT molecular complexity index is 690. The van der Waals surface area contributed by atoms with E-state index in [0.717, 1.165) is 42.9 Å². The van der Waals surface area contributed by atoms with Gasteiger partial charge < -0.3 is 9.52 Å². The summed E-state index contributed by atoms with van der Waals surface area (Å²) in [6, 6.07) is 6.42. The largest absolute Gasteiger partial charge is 0.448 e. The number of rotatable bonds is 5. The van der Waals surface area contributed by atoms with Crippen LogP contribution in [0.1, 0.15) is 63.2 Å². The van der Waals surface area contributed by atoms with Gasteiger partial charge in [-0.15, -0.1) is 0 Å². The molecule has 0 aliphatic carbocycles. The molecule has 3 rings (SSSR count). The van der Waals surface area contributed by atoms with E-state index < -0.39 is 6.10 Å². The highest BCUT2D eigenvalue weighted by molar-refractivity contribution is 5.19. The Morgan fingerprint density at radius 2 is 2.04 bits per heavy atom. The molecule has 2 heterocycles. The Balaban J connectivity index is 1.67. The minimum Gasteiger partial charge on any atom is -0.448 e. The first-order valence-corrected chi connectivity index (χ1v) is 8.95. The number of nitrogens with zero attached hydrogens (tertiary/aromatic N) is 2. The Labute approximate surface area is 148 Å². The molecular formula is C20H27FN2O2. The number of halogens is 1. The summed E-state index contributed by atoms with van der Waals surface area (Å²) in [5.74, 6) is 0.649. The van der Waals surface area contributed by atoms with Gasteiger partial charge in [0.2, 0.25) is 0 Å². The maximum atomic E-state index is 13.1. The van der Waals surface area contributed by atoms with E-state index in [-0.39, 0.29) is 11.2 Å². The lowest BCUT2D eigenvalue weighted by atomic mass is 9.91. The van der Waals surface area contributed by atoms with Crippen molar-refractivity contribution in [1.82, 2.24) is 9.88 Å². The summed E-state index contributed by atoms with van der Waals surface area (Å²) < 4.78 is 18.7. The first-order chi connectivity index (χ1) is 11.8. The predicted octanol–water partition coefficient (Wildman–Crippen LogP) is 4.20. The van der Waals surface area contributed by atoms with Crippen LogP contribution in [0.2, 0.25) is 0 Å². The Kier molecular flexibility index (Phi) is 5.25. The lowest BCUT2D eigenvalue weighted by molar-refractivity contribution is 0.117. The van der Waals surface area contributed by atoms with Crippen molar-refractivity contribution in [2.24, 2.45) is 0 Å². The van der Waals surface area contributed by atoms with Crippen molar-refractivity contribution in [1.29, 1.82) is 0 Å². The van der Waals surface area contributed by atoms with Crippen LogP contribution < -0.4 is 0 Å². The zero-order valence-corrected chi connectivity index (χ0v) is 15.2. The van der Waals surface area contributed by atoms with Gasteiger partial charge in [-0.3, -0.25) is 4.90 Å². The number of benzene rings is 1. The fourth-order valence-electron chi connectivity index (χ4n) is 3.63. The zero-order chi connectivity index (χ0) is 18.0. The van der Waals surface area contributed by atoms with Crippen LogP contribution in [-0.2, 0) is 12.0 Å². The molecule has 0 radical (unpaired) electrons. The maximum Gasteiger partial charge on any atom is 0.181 e. The molecule has 0 amide bonds. The molecule has 5 heteroatoms. The molecule has 4 nitrogen and oxygen atoms in total. The molecule has 2 aromatic rings. The van der Waals surface area contributed by atoms with Crippen LogP contribution in [0.4, 0.5) is 4.39 Å². The van der Waals surface area contributed by atoms with Gasteiger partial charge in [0.25, 0.3) is 0 Å². The van der Waals surface area contributed by atoms with Gasteiger partial charge >= 0.3 is 0 Å². The maximum absolute atomic E-state index is 13.1. The number of hydrogen-bond acceptors (Lipinski definition) is 4. The fraction of sp³-hybridized carbons (Fsp3) is 0.550. The summed E-state index contributed by atoms with van der Waals surface area (Å²) in [5, 5.41) is 10.5. The number of aromatic nitrogens is 1. The van der Waals surface area contributed by atoms with Crippen molar-refractivity contribution < 1.29 is 13.9 Å². The molecule has 25 heavy (non-hydrogen) atoms. The second-order valence-corrected chi connectivity index (χ2v) is 7.95. The third-order valence-corrected chi connectivity index (χ3v) is 4.92. The molecule has 1 aliphatic rings. The smallest absolute Gasteiger partial charge is 0.181 e. The fourth-order valence-corrected chi connectivity index (χ4v) is 3.63.